The van der Waals surface area contributed by atoms with Gasteiger partial charge in [0.25, 0.3) is 5.56 Å². The van der Waals surface area contributed by atoms with E-state index >= 15 is 0 Å². The number of fused-ring (bicyclic) bond motifs is 1. The summed E-state index contributed by atoms with van der Waals surface area (Å²) in [5.74, 6) is -1.03. The number of nitrogens with zero attached hydrogens (tertiary/aromatic N) is 5. The third-order valence-electron chi connectivity index (χ3n) is 4.74. The molecule has 0 bridgehead atoms. The number of hydrogen-bond acceptors (Lipinski definition) is 6. The fourth-order valence-electron chi connectivity index (χ4n) is 3.35. The summed E-state index contributed by atoms with van der Waals surface area (Å²) in [6.45, 7) is 1.29. The van der Waals surface area contributed by atoms with Crippen LogP contribution in [0.5, 0.6) is 0 Å². The molecule has 1 atom stereocenters. The van der Waals surface area contributed by atoms with Gasteiger partial charge in [-0.3, -0.25) is 4.79 Å². The van der Waals surface area contributed by atoms with E-state index in [0.717, 1.165) is 31.5 Å². The summed E-state index contributed by atoms with van der Waals surface area (Å²) in [5, 5.41) is 3.70. The zero-order valence-electron chi connectivity index (χ0n) is 14.7. The first-order chi connectivity index (χ1) is 13.0. The molecule has 3 aromatic rings. The highest BCUT2D eigenvalue weighted by Gasteiger charge is 2.24. The van der Waals surface area contributed by atoms with Crippen molar-refractivity contribution in [3.63, 3.8) is 0 Å². The quantitative estimate of drug-likeness (QED) is 0.759. The number of hydrogen-bond donors (Lipinski definition) is 1. The SMILES string of the molecule is Cn1ccnc(N2CCC[C@H](Nc3ncnc4cc(F)c(F)cc34)C2)c1=O. The molecule has 3 heterocycles. The van der Waals surface area contributed by atoms with E-state index in [4.69, 9.17) is 0 Å². The second kappa shape index (κ2) is 6.90. The molecule has 1 aliphatic rings. The van der Waals surface area contributed by atoms with Crippen LogP contribution in [0.1, 0.15) is 12.8 Å². The van der Waals surface area contributed by atoms with Gasteiger partial charge in [0.1, 0.15) is 12.1 Å². The van der Waals surface area contributed by atoms with Gasteiger partial charge >= 0.3 is 0 Å². The lowest BCUT2D eigenvalue weighted by atomic mass is 10.1. The summed E-state index contributed by atoms with van der Waals surface area (Å²) in [5.41, 5.74) is 0.181. The fraction of sp³-hybridized carbons (Fsp3) is 0.333. The maximum absolute atomic E-state index is 13.7. The molecule has 27 heavy (non-hydrogen) atoms. The Kier molecular flexibility index (Phi) is 4.43. The van der Waals surface area contributed by atoms with Crippen molar-refractivity contribution >= 4 is 22.5 Å². The number of nitrogens with one attached hydrogen (secondary N) is 1. The first-order valence-corrected chi connectivity index (χ1v) is 8.66. The van der Waals surface area contributed by atoms with Crippen molar-refractivity contribution in [2.45, 2.75) is 18.9 Å². The number of benzene rings is 1. The lowest BCUT2D eigenvalue weighted by molar-refractivity contribution is 0.510. The van der Waals surface area contributed by atoms with Crippen LogP contribution >= 0.6 is 0 Å². The molecule has 0 unspecified atom stereocenters. The molecule has 1 N–H and O–H groups in total. The monoisotopic (exact) mass is 372 g/mol. The topological polar surface area (TPSA) is 75.9 Å². The molecular formula is C18H18F2N6O. The van der Waals surface area contributed by atoms with Crippen molar-refractivity contribution in [3.8, 4) is 0 Å². The minimum absolute atomic E-state index is 0.0170. The van der Waals surface area contributed by atoms with Gasteiger partial charge in [-0.2, -0.15) is 0 Å². The highest BCUT2D eigenvalue weighted by Crippen LogP contribution is 2.24. The smallest absolute Gasteiger partial charge is 0.293 e. The van der Waals surface area contributed by atoms with E-state index in [1.807, 2.05) is 4.90 Å². The Balaban J connectivity index is 1.60. The van der Waals surface area contributed by atoms with Gasteiger partial charge in [0, 0.05) is 50.0 Å². The first-order valence-electron chi connectivity index (χ1n) is 8.66. The standard InChI is InChI=1S/C18H18F2N6O/c1-25-6-4-21-17(18(25)27)26-5-2-3-11(9-26)24-16-12-7-13(19)14(20)8-15(12)22-10-23-16/h4,6-8,10-11H,2-3,5,9H2,1H3,(H,22,23,24)/t11-/m0/s1. The third-order valence-corrected chi connectivity index (χ3v) is 4.74. The number of aryl methyl sites for hydroxylation is 1. The number of halogens is 2. The van der Waals surface area contributed by atoms with Crippen molar-refractivity contribution in [1.82, 2.24) is 19.5 Å². The zero-order valence-corrected chi connectivity index (χ0v) is 14.7. The minimum atomic E-state index is -0.943. The molecule has 1 aliphatic heterocycles. The second-order valence-corrected chi connectivity index (χ2v) is 6.60. The summed E-state index contributed by atoms with van der Waals surface area (Å²) >= 11 is 0. The molecule has 1 fully saturated rings. The molecular weight excluding hydrogens is 354 g/mol. The van der Waals surface area contributed by atoms with E-state index < -0.39 is 11.6 Å². The summed E-state index contributed by atoms with van der Waals surface area (Å²) in [7, 11) is 1.69. The Morgan fingerprint density at radius 2 is 2.00 bits per heavy atom. The Bertz CT molecular complexity index is 1050. The molecule has 140 valence electrons. The third kappa shape index (κ3) is 3.32. The van der Waals surface area contributed by atoms with Crippen LogP contribution in [-0.2, 0) is 7.05 Å². The summed E-state index contributed by atoms with van der Waals surface area (Å²) < 4.78 is 28.6. The molecule has 2 aromatic heterocycles. The van der Waals surface area contributed by atoms with E-state index in [0.29, 0.717) is 29.1 Å². The van der Waals surface area contributed by atoms with Crippen molar-refractivity contribution in [2.75, 3.05) is 23.3 Å². The van der Waals surface area contributed by atoms with E-state index in [1.165, 1.54) is 10.9 Å². The largest absolute Gasteiger partial charge is 0.365 e. The van der Waals surface area contributed by atoms with Crippen LogP contribution in [0.4, 0.5) is 20.4 Å². The van der Waals surface area contributed by atoms with Gasteiger partial charge in [0.15, 0.2) is 17.5 Å². The van der Waals surface area contributed by atoms with Crippen LogP contribution in [0.25, 0.3) is 10.9 Å². The molecule has 0 aliphatic carbocycles. The van der Waals surface area contributed by atoms with Gasteiger partial charge in [-0.15, -0.1) is 0 Å². The molecule has 0 saturated carbocycles. The molecule has 7 nitrogen and oxygen atoms in total. The highest BCUT2D eigenvalue weighted by atomic mass is 19.2. The van der Waals surface area contributed by atoms with Crippen LogP contribution in [0, 0.1) is 11.6 Å². The van der Waals surface area contributed by atoms with Gasteiger partial charge in [0.05, 0.1) is 5.52 Å². The predicted molar refractivity (Wildman–Crippen MR) is 97.8 cm³/mol. The normalized spacial score (nSPS) is 17.3. The van der Waals surface area contributed by atoms with Gasteiger partial charge < -0.3 is 14.8 Å². The average Bonchev–Trinajstić information content (AvgIpc) is 2.66. The van der Waals surface area contributed by atoms with Crippen molar-refractivity contribution in [3.05, 3.63) is 52.8 Å². The highest BCUT2D eigenvalue weighted by molar-refractivity contribution is 5.89. The Morgan fingerprint density at radius 1 is 1.19 bits per heavy atom. The van der Waals surface area contributed by atoms with Crippen LogP contribution in [0.15, 0.2) is 35.6 Å². The van der Waals surface area contributed by atoms with E-state index in [1.54, 1.807) is 19.4 Å². The Hall–Kier alpha value is -3.10. The Labute approximate surface area is 153 Å². The first kappa shape index (κ1) is 17.3. The summed E-state index contributed by atoms with van der Waals surface area (Å²) in [6, 6.07) is 2.14. The predicted octanol–water partition coefficient (Wildman–Crippen LogP) is 2.08. The van der Waals surface area contributed by atoms with Crippen LogP contribution < -0.4 is 15.8 Å². The minimum Gasteiger partial charge on any atom is -0.365 e. The maximum atomic E-state index is 13.7. The van der Waals surface area contributed by atoms with Gasteiger partial charge in [0.2, 0.25) is 0 Å². The molecule has 0 radical (unpaired) electrons. The lowest BCUT2D eigenvalue weighted by Crippen LogP contribution is -2.45. The lowest BCUT2D eigenvalue weighted by Gasteiger charge is -2.33. The van der Waals surface area contributed by atoms with Gasteiger partial charge in [-0.25, -0.2) is 23.7 Å². The fourth-order valence-corrected chi connectivity index (χ4v) is 3.35. The number of aromatic nitrogens is 4. The van der Waals surface area contributed by atoms with E-state index in [9.17, 15) is 13.6 Å². The molecule has 4 rings (SSSR count). The number of piperidine rings is 1. The molecule has 0 amide bonds. The number of anilines is 2. The van der Waals surface area contributed by atoms with Crippen LogP contribution in [0.3, 0.4) is 0 Å². The summed E-state index contributed by atoms with van der Waals surface area (Å²) in [4.78, 5) is 26.7. The maximum Gasteiger partial charge on any atom is 0.293 e. The molecule has 0 spiro atoms. The zero-order chi connectivity index (χ0) is 19.0. The Morgan fingerprint density at radius 3 is 2.85 bits per heavy atom. The van der Waals surface area contributed by atoms with Crippen molar-refractivity contribution in [1.29, 1.82) is 0 Å². The van der Waals surface area contributed by atoms with Crippen LogP contribution in [-0.4, -0.2) is 38.7 Å². The van der Waals surface area contributed by atoms with Crippen molar-refractivity contribution < 1.29 is 8.78 Å². The van der Waals surface area contributed by atoms with E-state index in [2.05, 4.69) is 20.3 Å². The second-order valence-electron chi connectivity index (χ2n) is 6.60. The molecule has 1 aromatic carbocycles. The molecule has 1 saturated heterocycles. The molecule has 9 heteroatoms. The van der Waals surface area contributed by atoms with E-state index in [-0.39, 0.29) is 11.6 Å². The van der Waals surface area contributed by atoms with Gasteiger partial charge in [-0.1, -0.05) is 0 Å². The summed E-state index contributed by atoms with van der Waals surface area (Å²) in [6.07, 6.45) is 6.26. The average molecular weight is 372 g/mol. The van der Waals surface area contributed by atoms with Crippen LogP contribution in [0.2, 0.25) is 0 Å². The van der Waals surface area contributed by atoms with Gasteiger partial charge in [-0.05, 0) is 18.9 Å². The van der Waals surface area contributed by atoms with Crippen molar-refractivity contribution in [2.24, 2.45) is 7.05 Å². The number of rotatable bonds is 3.